The molecule has 2 rings (SSSR count). The Bertz CT molecular complexity index is 515. The molecule has 1 aromatic heterocycles. The number of benzene rings is 1. The second-order valence-corrected chi connectivity index (χ2v) is 3.43. The second-order valence-electron chi connectivity index (χ2n) is 3.43. The first-order chi connectivity index (χ1) is 8.16. The molecule has 0 atom stereocenters. The van der Waals surface area contributed by atoms with Crippen LogP contribution in [0.3, 0.4) is 0 Å². The molecule has 17 heavy (non-hydrogen) atoms. The van der Waals surface area contributed by atoms with Crippen LogP contribution >= 0.6 is 0 Å². The molecule has 2 aromatic rings. The van der Waals surface area contributed by atoms with Crippen molar-refractivity contribution in [2.45, 2.75) is 6.54 Å². The molecule has 0 aliphatic carbocycles. The fraction of sp³-hybridized carbons (Fsp3) is 0.0833. The molecule has 0 spiro atoms. The Hall–Kier alpha value is -2.04. The Morgan fingerprint density at radius 2 is 1.71 bits per heavy atom. The highest BCUT2D eigenvalue weighted by atomic mass is 19.2. The number of hydrogen-bond acceptors (Lipinski definition) is 2. The van der Waals surface area contributed by atoms with Crippen molar-refractivity contribution in [2.75, 3.05) is 5.32 Å². The summed E-state index contributed by atoms with van der Waals surface area (Å²) in [6.07, 6.45) is 0. The average Bonchev–Trinajstić information content (AvgIpc) is 2.33. The largest absolute Gasteiger partial charge is 0.363 e. The Morgan fingerprint density at radius 1 is 1.00 bits per heavy atom. The van der Waals surface area contributed by atoms with E-state index in [4.69, 9.17) is 0 Å². The van der Waals surface area contributed by atoms with E-state index in [-0.39, 0.29) is 12.4 Å². The van der Waals surface area contributed by atoms with Crippen LogP contribution in [0.2, 0.25) is 0 Å². The van der Waals surface area contributed by atoms with Crippen molar-refractivity contribution in [3.8, 4) is 0 Å². The third kappa shape index (κ3) is 2.75. The summed E-state index contributed by atoms with van der Waals surface area (Å²) in [6.45, 7) is 0.288. The molecule has 0 unspecified atom stereocenters. The predicted octanol–water partition coefficient (Wildman–Crippen LogP) is 3.11. The summed E-state index contributed by atoms with van der Waals surface area (Å²) < 4.78 is 38.6. The molecule has 0 saturated heterocycles. The molecule has 0 fully saturated rings. The lowest BCUT2D eigenvalue weighted by atomic mass is 10.2. The zero-order chi connectivity index (χ0) is 12.3. The van der Waals surface area contributed by atoms with Gasteiger partial charge in [-0.25, -0.2) is 8.78 Å². The lowest BCUT2D eigenvalue weighted by molar-refractivity contribution is 0.466. The molecule has 0 bridgehead atoms. The maximum atomic E-state index is 13.2. The molecule has 0 amide bonds. The van der Waals surface area contributed by atoms with Gasteiger partial charge in [0.05, 0.1) is 0 Å². The topological polar surface area (TPSA) is 24.9 Å². The summed E-state index contributed by atoms with van der Waals surface area (Å²) in [7, 11) is 0. The minimum atomic E-state index is -1.32. The van der Waals surface area contributed by atoms with Gasteiger partial charge in [0.1, 0.15) is 0 Å². The summed E-state index contributed by atoms with van der Waals surface area (Å²) >= 11 is 0. The summed E-state index contributed by atoms with van der Waals surface area (Å²) in [6, 6.07) is 9.61. The number of halogens is 3. The summed E-state index contributed by atoms with van der Waals surface area (Å²) in [5.41, 5.74) is 0.887. The lowest BCUT2D eigenvalue weighted by Crippen LogP contribution is -2.06. The predicted molar refractivity (Wildman–Crippen MR) is 57.9 cm³/mol. The van der Waals surface area contributed by atoms with Gasteiger partial charge in [-0.15, -0.1) is 0 Å². The van der Waals surface area contributed by atoms with E-state index in [1.165, 1.54) is 0 Å². The van der Waals surface area contributed by atoms with Crippen molar-refractivity contribution in [3.05, 3.63) is 59.5 Å². The van der Waals surface area contributed by atoms with Crippen LogP contribution < -0.4 is 5.32 Å². The highest BCUT2D eigenvalue weighted by molar-refractivity contribution is 5.37. The van der Waals surface area contributed by atoms with Gasteiger partial charge in [-0.3, -0.25) is 0 Å². The van der Waals surface area contributed by atoms with Gasteiger partial charge in [0.15, 0.2) is 17.5 Å². The molecule has 2 nitrogen and oxygen atoms in total. The quantitative estimate of drug-likeness (QED) is 0.831. The van der Waals surface area contributed by atoms with Crippen LogP contribution in [0.1, 0.15) is 5.56 Å². The van der Waals surface area contributed by atoms with Gasteiger partial charge >= 0.3 is 0 Å². The Kier molecular flexibility index (Phi) is 3.27. The number of rotatable bonds is 3. The molecule has 5 heteroatoms. The van der Waals surface area contributed by atoms with E-state index >= 15 is 0 Å². The van der Waals surface area contributed by atoms with Gasteiger partial charge in [0.25, 0.3) is 5.95 Å². The van der Waals surface area contributed by atoms with Gasteiger partial charge in [0, 0.05) is 12.6 Å². The first kappa shape index (κ1) is 11.4. The highest BCUT2D eigenvalue weighted by Crippen LogP contribution is 2.15. The number of nitrogens with one attached hydrogen (secondary N) is 1. The lowest BCUT2D eigenvalue weighted by Gasteiger charge is -2.06. The Morgan fingerprint density at radius 3 is 2.41 bits per heavy atom. The first-order valence-corrected chi connectivity index (χ1v) is 4.96. The fourth-order valence-corrected chi connectivity index (χ4v) is 1.35. The van der Waals surface area contributed by atoms with Crippen LogP contribution in [-0.2, 0) is 6.54 Å². The van der Waals surface area contributed by atoms with E-state index in [2.05, 4.69) is 10.3 Å². The van der Waals surface area contributed by atoms with Crippen LogP contribution in [0.5, 0.6) is 0 Å². The molecule has 88 valence electrons. The molecule has 0 radical (unpaired) electrons. The Labute approximate surface area is 96.1 Å². The number of aromatic nitrogens is 1. The third-order valence-electron chi connectivity index (χ3n) is 2.19. The van der Waals surface area contributed by atoms with E-state index in [1.807, 2.05) is 30.3 Å². The van der Waals surface area contributed by atoms with E-state index in [9.17, 15) is 13.2 Å². The SMILES string of the molecule is Fc1cc(F)c(NCc2ccccc2)nc1F. The van der Waals surface area contributed by atoms with Crippen LogP contribution in [0.4, 0.5) is 19.0 Å². The standard InChI is InChI=1S/C12H9F3N2/c13-9-6-10(14)12(17-11(9)15)16-7-8-4-2-1-3-5-8/h1-6H,7H2,(H,16,17). The van der Waals surface area contributed by atoms with E-state index in [0.29, 0.717) is 6.07 Å². The zero-order valence-electron chi connectivity index (χ0n) is 8.75. The van der Waals surface area contributed by atoms with Crippen molar-refractivity contribution < 1.29 is 13.2 Å². The van der Waals surface area contributed by atoms with Crippen molar-refractivity contribution in [1.82, 2.24) is 4.98 Å². The van der Waals surface area contributed by atoms with E-state index in [1.54, 1.807) is 0 Å². The third-order valence-corrected chi connectivity index (χ3v) is 2.19. The van der Waals surface area contributed by atoms with Gasteiger partial charge in [0.2, 0.25) is 0 Å². The number of anilines is 1. The number of hydrogen-bond donors (Lipinski definition) is 1. The van der Waals surface area contributed by atoms with Crippen molar-refractivity contribution >= 4 is 5.82 Å². The van der Waals surface area contributed by atoms with E-state index in [0.717, 1.165) is 5.56 Å². The summed E-state index contributed by atoms with van der Waals surface area (Å²) in [5.74, 6) is -3.83. The van der Waals surface area contributed by atoms with Crippen molar-refractivity contribution in [3.63, 3.8) is 0 Å². The molecular formula is C12H9F3N2. The van der Waals surface area contributed by atoms with Gasteiger partial charge in [-0.05, 0) is 5.56 Å². The van der Waals surface area contributed by atoms with Crippen LogP contribution in [0, 0.1) is 17.6 Å². The van der Waals surface area contributed by atoms with Crippen LogP contribution in [0.15, 0.2) is 36.4 Å². The van der Waals surface area contributed by atoms with Crippen LogP contribution in [0.25, 0.3) is 0 Å². The first-order valence-electron chi connectivity index (χ1n) is 4.96. The zero-order valence-corrected chi connectivity index (χ0v) is 8.75. The smallest absolute Gasteiger partial charge is 0.251 e. The summed E-state index contributed by atoms with van der Waals surface area (Å²) in [4.78, 5) is 3.16. The minimum absolute atomic E-state index is 0.288. The van der Waals surface area contributed by atoms with Crippen molar-refractivity contribution in [2.24, 2.45) is 0 Å². The molecule has 1 heterocycles. The molecule has 0 aliphatic rings. The fourth-order valence-electron chi connectivity index (χ4n) is 1.35. The Balaban J connectivity index is 2.12. The normalized spacial score (nSPS) is 10.3. The molecular weight excluding hydrogens is 229 g/mol. The maximum Gasteiger partial charge on any atom is 0.251 e. The monoisotopic (exact) mass is 238 g/mol. The average molecular weight is 238 g/mol. The molecule has 0 saturated carbocycles. The van der Waals surface area contributed by atoms with E-state index < -0.39 is 17.6 Å². The summed E-state index contributed by atoms with van der Waals surface area (Å²) in [5, 5.41) is 2.60. The van der Waals surface area contributed by atoms with Crippen LogP contribution in [-0.4, -0.2) is 4.98 Å². The number of pyridine rings is 1. The maximum absolute atomic E-state index is 13.2. The molecule has 1 N–H and O–H groups in total. The van der Waals surface area contributed by atoms with Gasteiger partial charge in [-0.1, -0.05) is 30.3 Å². The minimum Gasteiger partial charge on any atom is -0.363 e. The van der Waals surface area contributed by atoms with Gasteiger partial charge < -0.3 is 5.32 Å². The van der Waals surface area contributed by atoms with Crippen molar-refractivity contribution in [1.29, 1.82) is 0 Å². The molecule has 0 aliphatic heterocycles. The van der Waals surface area contributed by atoms with Gasteiger partial charge in [-0.2, -0.15) is 9.37 Å². The number of nitrogens with zero attached hydrogens (tertiary/aromatic N) is 1. The second kappa shape index (κ2) is 4.86. The highest BCUT2D eigenvalue weighted by Gasteiger charge is 2.10. The molecule has 1 aromatic carbocycles.